The van der Waals surface area contributed by atoms with Crippen LogP contribution in [-0.2, 0) is 7.05 Å². The minimum absolute atomic E-state index is 0.252. The average molecular weight is 297 g/mol. The first-order valence-electron chi connectivity index (χ1n) is 6.69. The lowest BCUT2D eigenvalue weighted by Crippen LogP contribution is -2.12. The number of hydrogen-bond donors (Lipinski definition) is 1. The molecule has 0 spiro atoms. The van der Waals surface area contributed by atoms with Gasteiger partial charge in [0.25, 0.3) is 5.91 Å². The van der Waals surface area contributed by atoms with Crippen LogP contribution in [-0.4, -0.2) is 32.8 Å². The highest BCUT2D eigenvalue weighted by atomic mass is 16.5. The van der Waals surface area contributed by atoms with Crippen molar-refractivity contribution in [3.05, 3.63) is 41.9 Å². The van der Waals surface area contributed by atoms with Crippen molar-refractivity contribution in [1.29, 1.82) is 0 Å². The summed E-state index contributed by atoms with van der Waals surface area (Å²) >= 11 is 0. The van der Waals surface area contributed by atoms with E-state index in [0.717, 1.165) is 16.7 Å². The summed E-state index contributed by atoms with van der Waals surface area (Å²) in [6, 6.07) is 5.16. The third-order valence-corrected chi connectivity index (χ3v) is 3.33. The molecule has 0 bridgehead atoms. The van der Waals surface area contributed by atoms with Gasteiger partial charge in [0, 0.05) is 24.7 Å². The quantitative estimate of drug-likeness (QED) is 0.799. The predicted octanol–water partition coefficient (Wildman–Crippen LogP) is 1.93. The normalized spacial score (nSPS) is 10.7. The largest absolute Gasteiger partial charge is 0.481 e. The molecular weight excluding hydrogens is 282 g/mol. The number of aryl methyl sites for hydroxylation is 2. The first-order chi connectivity index (χ1) is 10.6. The summed E-state index contributed by atoms with van der Waals surface area (Å²) in [5.74, 6) is 0.212. The monoisotopic (exact) mass is 297 g/mol. The molecule has 112 valence electrons. The van der Waals surface area contributed by atoms with Crippen molar-refractivity contribution >= 4 is 22.6 Å². The number of ether oxygens (including phenoxy) is 1. The molecule has 0 aromatic carbocycles. The Labute approximate surface area is 127 Å². The van der Waals surface area contributed by atoms with Crippen molar-refractivity contribution in [2.75, 3.05) is 12.4 Å². The smallest absolute Gasteiger partial charge is 0.257 e. The first kappa shape index (κ1) is 14.0. The lowest BCUT2D eigenvalue weighted by molar-refractivity contribution is 0.102. The van der Waals surface area contributed by atoms with E-state index >= 15 is 0 Å². The molecule has 0 saturated carbocycles. The average Bonchev–Trinajstić information content (AvgIpc) is 2.81. The van der Waals surface area contributed by atoms with Crippen molar-refractivity contribution in [2.24, 2.45) is 7.05 Å². The number of pyridine rings is 2. The molecule has 7 heteroatoms. The highest BCUT2D eigenvalue weighted by Crippen LogP contribution is 2.19. The molecular formula is C15H15N5O2. The van der Waals surface area contributed by atoms with Gasteiger partial charge in [0.05, 0.1) is 30.3 Å². The van der Waals surface area contributed by atoms with Crippen molar-refractivity contribution in [3.8, 4) is 5.88 Å². The first-order valence-corrected chi connectivity index (χ1v) is 6.69. The van der Waals surface area contributed by atoms with Crippen LogP contribution >= 0.6 is 0 Å². The van der Waals surface area contributed by atoms with E-state index in [1.54, 1.807) is 23.0 Å². The van der Waals surface area contributed by atoms with E-state index in [4.69, 9.17) is 4.74 Å². The molecule has 1 amide bonds. The van der Waals surface area contributed by atoms with Crippen molar-refractivity contribution in [3.63, 3.8) is 0 Å². The van der Waals surface area contributed by atoms with E-state index in [-0.39, 0.29) is 5.91 Å². The second kappa shape index (κ2) is 5.44. The highest BCUT2D eigenvalue weighted by molar-refractivity contribution is 6.04. The molecule has 0 unspecified atom stereocenters. The number of anilines is 1. The van der Waals surface area contributed by atoms with E-state index < -0.39 is 0 Å². The summed E-state index contributed by atoms with van der Waals surface area (Å²) in [5.41, 5.74) is 2.71. The predicted molar refractivity (Wildman–Crippen MR) is 82.0 cm³/mol. The Kier molecular flexibility index (Phi) is 3.46. The Hall–Kier alpha value is -2.96. The van der Waals surface area contributed by atoms with Crippen LogP contribution in [0, 0.1) is 6.92 Å². The molecule has 0 saturated heterocycles. The van der Waals surface area contributed by atoms with Crippen LogP contribution in [0.3, 0.4) is 0 Å². The summed E-state index contributed by atoms with van der Waals surface area (Å²) in [4.78, 5) is 20.5. The van der Waals surface area contributed by atoms with Crippen LogP contribution in [0.2, 0.25) is 0 Å². The van der Waals surface area contributed by atoms with E-state index in [0.29, 0.717) is 17.1 Å². The van der Waals surface area contributed by atoms with Crippen LogP contribution in [0.15, 0.2) is 30.6 Å². The number of aromatic nitrogens is 4. The fraction of sp³-hybridized carbons (Fsp3) is 0.200. The SMILES string of the molecule is COc1ccc(C(=O)Nc2cnc3c(c2)c(C)nn3C)cn1. The standard InChI is InChI=1S/C15H15N5O2/c1-9-12-6-11(8-17-14(12)20(2)19-9)18-15(21)10-4-5-13(22-3)16-7-10/h4-8H,1-3H3,(H,18,21). The van der Waals surface area contributed by atoms with Gasteiger partial charge in [0.2, 0.25) is 5.88 Å². The third-order valence-electron chi connectivity index (χ3n) is 3.33. The van der Waals surface area contributed by atoms with Crippen LogP contribution in [0.25, 0.3) is 11.0 Å². The number of fused-ring (bicyclic) bond motifs is 1. The highest BCUT2D eigenvalue weighted by Gasteiger charge is 2.10. The zero-order valence-electron chi connectivity index (χ0n) is 12.5. The van der Waals surface area contributed by atoms with Crippen molar-refractivity contribution in [1.82, 2.24) is 19.7 Å². The number of carbonyl (C=O) groups excluding carboxylic acids is 1. The molecule has 1 N–H and O–H groups in total. The summed E-state index contributed by atoms with van der Waals surface area (Å²) in [6.45, 7) is 1.91. The fourth-order valence-corrected chi connectivity index (χ4v) is 2.21. The number of nitrogens with zero attached hydrogens (tertiary/aromatic N) is 4. The maximum atomic E-state index is 12.2. The summed E-state index contributed by atoms with van der Waals surface area (Å²) in [5, 5.41) is 8.02. The van der Waals surface area contributed by atoms with Gasteiger partial charge in [0.15, 0.2) is 5.65 Å². The lowest BCUT2D eigenvalue weighted by atomic mass is 10.2. The zero-order valence-corrected chi connectivity index (χ0v) is 12.5. The van der Waals surface area contributed by atoms with Crippen LogP contribution < -0.4 is 10.1 Å². The number of hydrogen-bond acceptors (Lipinski definition) is 5. The molecule has 0 atom stereocenters. The van der Waals surface area contributed by atoms with E-state index in [1.165, 1.54) is 13.3 Å². The summed E-state index contributed by atoms with van der Waals surface area (Å²) in [7, 11) is 3.36. The molecule has 3 rings (SSSR count). The minimum Gasteiger partial charge on any atom is -0.481 e. The fourth-order valence-electron chi connectivity index (χ4n) is 2.21. The number of methoxy groups -OCH3 is 1. The molecule has 0 radical (unpaired) electrons. The van der Waals surface area contributed by atoms with Gasteiger partial charge in [0.1, 0.15) is 0 Å². The van der Waals surface area contributed by atoms with Gasteiger partial charge in [-0.25, -0.2) is 9.97 Å². The van der Waals surface area contributed by atoms with Gasteiger partial charge in [-0.1, -0.05) is 0 Å². The maximum Gasteiger partial charge on any atom is 0.257 e. The van der Waals surface area contributed by atoms with Gasteiger partial charge >= 0.3 is 0 Å². The second-order valence-electron chi connectivity index (χ2n) is 4.85. The van der Waals surface area contributed by atoms with Gasteiger partial charge < -0.3 is 10.1 Å². The Balaban J connectivity index is 1.85. The molecule has 0 fully saturated rings. The van der Waals surface area contributed by atoms with E-state index in [9.17, 15) is 4.79 Å². The van der Waals surface area contributed by atoms with Crippen molar-refractivity contribution in [2.45, 2.75) is 6.92 Å². The Morgan fingerprint density at radius 1 is 1.27 bits per heavy atom. The molecule has 3 heterocycles. The Morgan fingerprint density at radius 3 is 2.77 bits per heavy atom. The zero-order chi connectivity index (χ0) is 15.7. The molecule has 7 nitrogen and oxygen atoms in total. The second-order valence-corrected chi connectivity index (χ2v) is 4.85. The number of amides is 1. The van der Waals surface area contributed by atoms with Gasteiger partial charge in [-0.15, -0.1) is 0 Å². The summed E-state index contributed by atoms with van der Waals surface area (Å²) < 4.78 is 6.68. The van der Waals surface area contributed by atoms with Crippen LogP contribution in [0.1, 0.15) is 16.1 Å². The van der Waals surface area contributed by atoms with Gasteiger partial charge in [-0.3, -0.25) is 9.48 Å². The van der Waals surface area contributed by atoms with Crippen LogP contribution in [0.4, 0.5) is 5.69 Å². The molecule has 0 aliphatic rings. The minimum atomic E-state index is -0.252. The molecule has 3 aromatic heterocycles. The summed E-state index contributed by atoms with van der Waals surface area (Å²) in [6.07, 6.45) is 3.08. The molecule has 0 aliphatic carbocycles. The van der Waals surface area contributed by atoms with Crippen LogP contribution in [0.5, 0.6) is 5.88 Å². The molecule has 0 aliphatic heterocycles. The topological polar surface area (TPSA) is 81.9 Å². The number of carbonyl (C=O) groups is 1. The van der Waals surface area contributed by atoms with E-state index in [1.807, 2.05) is 20.0 Å². The third kappa shape index (κ3) is 2.48. The number of rotatable bonds is 3. The maximum absolute atomic E-state index is 12.2. The lowest BCUT2D eigenvalue weighted by Gasteiger charge is -2.05. The van der Waals surface area contributed by atoms with Gasteiger partial charge in [-0.2, -0.15) is 5.10 Å². The molecule has 22 heavy (non-hydrogen) atoms. The number of nitrogens with one attached hydrogen (secondary N) is 1. The Bertz CT molecular complexity index is 839. The van der Waals surface area contributed by atoms with Gasteiger partial charge in [-0.05, 0) is 19.1 Å². The van der Waals surface area contributed by atoms with E-state index in [2.05, 4.69) is 20.4 Å². The van der Waals surface area contributed by atoms with Crippen molar-refractivity contribution < 1.29 is 9.53 Å². The molecule has 3 aromatic rings. The Morgan fingerprint density at radius 2 is 2.09 bits per heavy atom.